The molecule has 0 saturated carbocycles. The second-order valence-electron chi connectivity index (χ2n) is 7.50. The molecule has 0 radical (unpaired) electrons. The third-order valence-electron chi connectivity index (χ3n) is 5.25. The predicted octanol–water partition coefficient (Wildman–Crippen LogP) is 5.93. The summed E-state index contributed by atoms with van der Waals surface area (Å²) in [6, 6.07) is 0. The van der Waals surface area contributed by atoms with Gasteiger partial charge in [-0.05, 0) is 38.5 Å². The van der Waals surface area contributed by atoms with Crippen molar-refractivity contribution < 1.29 is 9.59 Å². The predicted molar refractivity (Wildman–Crippen MR) is 104 cm³/mol. The summed E-state index contributed by atoms with van der Waals surface area (Å²) in [6.45, 7) is 12.5. The Hall–Kier alpha value is -0.0800. The first kappa shape index (κ1) is 22.9. The van der Waals surface area contributed by atoms with Crippen molar-refractivity contribution in [2.24, 2.45) is 0 Å². The topological polar surface area (TPSA) is 20.2 Å². The van der Waals surface area contributed by atoms with E-state index in [1.807, 2.05) is 0 Å². The van der Waals surface area contributed by atoms with E-state index in [4.69, 9.17) is 0 Å². The molecule has 0 aromatic carbocycles. The Morgan fingerprint density at radius 2 is 0.826 bits per heavy atom. The van der Waals surface area contributed by atoms with Crippen LogP contribution in [0.15, 0.2) is 0 Å². The van der Waals surface area contributed by atoms with Gasteiger partial charge in [-0.25, -0.2) is 0 Å². The summed E-state index contributed by atoms with van der Waals surface area (Å²) < 4.78 is 1.29. The molecule has 0 aromatic heterocycles. The van der Waals surface area contributed by atoms with E-state index in [2.05, 4.69) is 20.8 Å². The van der Waals surface area contributed by atoms with Crippen LogP contribution >= 0.6 is 0 Å². The van der Waals surface area contributed by atoms with Crippen LogP contribution in [0.1, 0.15) is 104 Å². The van der Waals surface area contributed by atoms with Gasteiger partial charge in [0.05, 0.1) is 26.2 Å². The lowest BCUT2D eigenvalue weighted by Crippen LogP contribution is -2.51. The van der Waals surface area contributed by atoms with Gasteiger partial charge >= 0.3 is 0 Å². The second kappa shape index (κ2) is 16.8. The molecule has 2 nitrogen and oxygen atoms in total. The molecule has 0 spiro atoms. The van der Waals surface area contributed by atoms with Crippen molar-refractivity contribution in [2.75, 3.05) is 32.8 Å². The highest BCUT2D eigenvalue weighted by atomic mass is 16.3. The van der Waals surface area contributed by atoms with E-state index in [-0.39, 0.29) is 0 Å². The molecule has 0 saturated heterocycles. The highest BCUT2D eigenvalue weighted by Gasteiger charge is 2.25. The molecule has 23 heavy (non-hydrogen) atoms. The Morgan fingerprint density at radius 1 is 0.478 bits per heavy atom. The third kappa shape index (κ3) is 12.9. The Bertz CT molecular complexity index is 199. The fraction of sp³-hybridized carbons (Fsp3) is 1.00. The lowest BCUT2D eigenvalue weighted by atomic mass is 10.1. The SMILES string of the molecule is CCCCCC[N+](CCCO)(CCCCCC)CCCCCC. The number of aliphatic hydroxyl groups is 1. The van der Waals surface area contributed by atoms with Gasteiger partial charge in [0.15, 0.2) is 0 Å². The van der Waals surface area contributed by atoms with Gasteiger partial charge in [0.25, 0.3) is 0 Å². The summed E-state index contributed by atoms with van der Waals surface area (Å²) >= 11 is 0. The molecule has 0 atom stereocenters. The third-order valence-corrected chi connectivity index (χ3v) is 5.25. The van der Waals surface area contributed by atoms with Crippen LogP contribution in [0, 0.1) is 0 Å². The van der Waals surface area contributed by atoms with Crippen LogP contribution in [0.5, 0.6) is 0 Å². The number of unbranched alkanes of at least 4 members (excludes halogenated alkanes) is 9. The van der Waals surface area contributed by atoms with Gasteiger partial charge in [-0.15, -0.1) is 0 Å². The molecule has 0 aromatic rings. The molecule has 0 rings (SSSR count). The Balaban J connectivity index is 4.51. The summed E-state index contributed by atoms with van der Waals surface area (Å²) in [5, 5.41) is 9.35. The number of aliphatic hydroxyl groups excluding tert-OH is 1. The van der Waals surface area contributed by atoms with Gasteiger partial charge in [0.2, 0.25) is 0 Å². The average molecular weight is 329 g/mol. The van der Waals surface area contributed by atoms with Gasteiger partial charge in [-0.1, -0.05) is 59.3 Å². The summed E-state index contributed by atoms with van der Waals surface area (Å²) in [6.07, 6.45) is 17.4. The maximum atomic E-state index is 9.35. The van der Waals surface area contributed by atoms with Gasteiger partial charge in [0, 0.05) is 13.0 Å². The molecular weight excluding hydrogens is 282 g/mol. The van der Waals surface area contributed by atoms with E-state index in [0.29, 0.717) is 6.61 Å². The molecule has 0 aliphatic carbocycles. The molecule has 0 amide bonds. The Kier molecular flexibility index (Phi) is 16.7. The minimum Gasteiger partial charge on any atom is -0.396 e. The molecule has 0 bridgehead atoms. The van der Waals surface area contributed by atoms with E-state index >= 15 is 0 Å². The second-order valence-corrected chi connectivity index (χ2v) is 7.50. The normalized spacial score (nSPS) is 12.0. The molecule has 0 aliphatic rings. The molecule has 0 aliphatic heterocycles. The van der Waals surface area contributed by atoms with Crippen LogP contribution in [-0.2, 0) is 0 Å². The highest BCUT2D eigenvalue weighted by molar-refractivity contribution is 4.52. The van der Waals surface area contributed by atoms with Crippen LogP contribution in [0.4, 0.5) is 0 Å². The molecular formula is C21H46NO+. The molecule has 0 heterocycles. The zero-order chi connectivity index (χ0) is 17.2. The van der Waals surface area contributed by atoms with Crippen LogP contribution < -0.4 is 0 Å². The Morgan fingerprint density at radius 3 is 1.13 bits per heavy atom. The fourth-order valence-electron chi connectivity index (χ4n) is 3.70. The van der Waals surface area contributed by atoms with Crippen molar-refractivity contribution in [1.29, 1.82) is 0 Å². The minimum atomic E-state index is 0.360. The largest absolute Gasteiger partial charge is 0.396 e. The molecule has 0 unspecified atom stereocenters. The van der Waals surface area contributed by atoms with Gasteiger partial charge in [0.1, 0.15) is 0 Å². The summed E-state index contributed by atoms with van der Waals surface area (Å²) in [5.41, 5.74) is 0. The quantitative estimate of drug-likeness (QED) is 0.244. The Labute approximate surface area is 147 Å². The lowest BCUT2D eigenvalue weighted by Gasteiger charge is -2.39. The van der Waals surface area contributed by atoms with E-state index in [0.717, 1.165) is 6.42 Å². The molecule has 1 N–H and O–H groups in total. The van der Waals surface area contributed by atoms with Crippen molar-refractivity contribution in [3.05, 3.63) is 0 Å². The maximum absolute atomic E-state index is 9.35. The average Bonchev–Trinajstić information content (AvgIpc) is 2.57. The van der Waals surface area contributed by atoms with Crippen molar-refractivity contribution in [2.45, 2.75) is 104 Å². The monoisotopic (exact) mass is 328 g/mol. The van der Waals surface area contributed by atoms with Crippen molar-refractivity contribution in [3.8, 4) is 0 Å². The summed E-state index contributed by atoms with van der Waals surface area (Å²) in [7, 11) is 0. The number of nitrogens with zero attached hydrogens (tertiary/aromatic N) is 1. The van der Waals surface area contributed by atoms with Gasteiger partial charge in [-0.2, -0.15) is 0 Å². The number of hydrogen-bond donors (Lipinski definition) is 1. The van der Waals surface area contributed by atoms with E-state index < -0.39 is 0 Å². The van der Waals surface area contributed by atoms with Crippen LogP contribution in [0.25, 0.3) is 0 Å². The maximum Gasteiger partial charge on any atom is 0.0808 e. The number of hydrogen-bond acceptors (Lipinski definition) is 1. The molecule has 0 fully saturated rings. The highest BCUT2D eigenvalue weighted by Crippen LogP contribution is 2.18. The van der Waals surface area contributed by atoms with Gasteiger partial charge in [-0.3, -0.25) is 0 Å². The van der Waals surface area contributed by atoms with Crippen LogP contribution in [-0.4, -0.2) is 42.4 Å². The van der Waals surface area contributed by atoms with Gasteiger partial charge < -0.3 is 9.59 Å². The van der Waals surface area contributed by atoms with Crippen LogP contribution in [0.3, 0.4) is 0 Å². The fourth-order valence-corrected chi connectivity index (χ4v) is 3.70. The summed E-state index contributed by atoms with van der Waals surface area (Å²) in [4.78, 5) is 0. The first-order valence-electron chi connectivity index (χ1n) is 10.7. The summed E-state index contributed by atoms with van der Waals surface area (Å²) in [5.74, 6) is 0. The van der Waals surface area contributed by atoms with E-state index in [1.54, 1.807) is 0 Å². The van der Waals surface area contributed by atoms with Crippen molar-refractivity contribution in [1.82, 2.24) is 0 Å². The first-order valence-corrected chi connectivity index (χ1v) is 10.7. The number of quaternary nitrogens is 1. The van der Waals surface area contributed by atoms with E-state index in [1.165, 1.54) is 108 Å². The van der Waals surface area contributed by atoms with E-state index in [9.17, 15) is 5.11 Å². The lowest BCUT2D eigenvalue weighted by molar-refractivity contribution is -0.929. The molecule has 2 heteroatoms. The molecule has 140 valence electrons. The van der Waals surface area contributed by atoms with Crippen molar-refractivity contribution >= 4 is 0 Å². The minimum absolute atomic E-state index is 0.360. The number of rotatable bonds is 18. The van der Waals surface area contributed by atoms with Crippen molar-refractivity contribution in [3.63, 3.8) is 0 Å². The zero-order valence-corrected chi connectivity index (χ0v) is 16.6. The zero-order valence-electron chi connectivity index (χ0n) is 16.6. The standard InChI is InChI=1S/C21H46NO/c1-4-7-10-13-17-22(20-16-21-23,18-14-11-8-5-2)19-15-12-9-6-3/h23H,4-21H2,1-3H3/q+1. The van der Waals surface area contributed by atoms with Crippen LogP contribution in [0.2, 0.25) is 0 Å². The smallest absolute Gasteiger partial charge is 0.0808 e. The first-order chi connectivity index (χ1) is 11.2.